The van der Waals surface area contributed by atoms with Gasteiger partial charge in [0.25, 0.3) is 0 Å². The van der Waals surface area contributed by atoms with Crippen LogP contribution >= 0.6 is 0 Å². The van der Waals surface area contributed by atoms with Gasteiger partial charge >= 0.3 is 5.97 Å². The van der Waals surface area contributed by atoms with Crippen LogP contribution in [0.15, 0.2) is 29.2 Å². The average molecular weight is 298 g/mol. The predicted molar refractivity (Wildman–Crippen MR) is 74.3 cm³/mol. The molecule has 0 bridgehead atoms. The van der Waals surface area contributed by atoms with Crippen molar-refractivity contribution in [1.29, 1.82) is 0 Å². The van der Waals surface area contributed by atoms with Gasteiger partial charge in [-0.2, -0.15) is 0 Å². The number of aliphatic carboxylic acids is 1. The van der Waals surface area contributed by atoms with Gasteiger partial charge in [-0.05, 0) is 25.5 Å². The van der Waals surface area contributed by atoms with E-state index in [1.165, 1.54) is 12.1 Å². The topological polar surface area (TPSA) is 88.5 Å². The van der Waals surface area contributed by atoms with Crippen molar-refractivity contribution in [3.05, 3.63) is 29.8 Å². The van der Waals surface area contributed by atoms with E-state index in [9.17, 15) is 18.0 Å². The van der Waals surface area contributed by atoms with Crippen molar-refractivity contribution in [1.82, 2.24) is 0 Å². The molecule has 110 valence electrons. The van der Waals surface area contributed by atoms with Crippen molar-refractivity contribution in [2.75, 3.05) is 0 Å². The second-order valence-electron chi connectivity index (χ2n) is 4.66. The third kappa shape index (κ3) is 3.90. The number of carboxylic acid groups (broad SMARTS) is 1. The highest BCUT2D eigenvalue weighted by Gasteiger charge is 2.35. The van der Waals surface area contributed by atoms with Crippen LogP contribution in [0.3, 0.4) is 0 Å². The SMILES string of the molecule is CCCC(=O)C(CC(=O)O)S(=O)(=O)c1ccc(C)cc1. The second kappa shape index (κ2) is 6.65. The summed E-state index contributed by atoms with van der Waals surface area (Å²) in [6, 6.07) is 6.04. The van der Waals surface area contributed by atoms with Crippen LogP contribution < -0.4 is 0 Å². The highest BCUT2D eigenvalue weighted by molar-refractivity contribution is 7.92. The zero-order valence-electron chi connectivity index (χ0n) is 11.5. The standard InChI is InChI=1S/C14H18O5S/c1-3-4-12(15)13(9-14(16)17)20(18,19)11-7-5-10(2)6-8-11/h5-8,13H,3-4,9H2,1-2H3,(H,16,17). The first kappa shape index (κ1) is 16.4. The fourth-order valence-corrected chi connectivity index (χ4v) is 3.52. The van der Waals surface area contributed by atoms with Crippen LogP contribution in [0.2, 0.25) is 0 Å². The molecule has 0 saturated carbocycles. The normalized spacial score (nSPS) is 12.9. The third-order valence-corrected chi connectivity index (χ3v) is 5.05. The summed E-state index contributed by atoms with van der Waals surface area (Å²) in [5.74, 6) is -1.84. The molecule has 1 atom stereocenters. The maximum absolute atomic E-state index is 12.4. The van der Waals surface area contributed by atoms with Crippen LogP contribution in [-0.4, -0.2) is 30.5 Å². The number of benzene rings is 1. The van der Waals surface area contributed by atoms with E-state index in [4.69, 9.17) is 5.11 Å². The van der Waals surface area contributed by atoms with Crippen LogP contribution in [0.1, 0.15) is 31.7 Å². The molecule has 0 aliphatic carbocycles. The molecule has 0 fully saturated rings. The van der Waals surface area contributed by atoms with Gasteiger partial charge in [0.2, 0.25) is 0 Å². The van der Waals surface area contributed by atoms with Crippen molar-refractivity contribution in [2.24, 2.45) is 0 Å². The van der Waals surface area contributed by atoms with Crippen LogP contribution in [-0.2, 0) is 19.4 Å². The molecule has 0 saturated heterocycles. The van der Waals surface area contributed by atoms with Gasteiger partial charge in [0.05, 0.1) is 11.3 Å². The summed E-state index contributed by atoms with van der Waals surface area (Å²) < 4.78 is 24.8. The number of carbonyl (C=O) groups excluding carboxylic acids is 1. The number of hydrogen-bond acceptors (Lipinski definition) is 4. The van der Waals surface area contributed by atoms with Crippen LogP contribution in [0, 0.1) is 6.92 Å². The lowest BCUT2D eigenvalue weighted by Crippen LogP contribution is -2.32. The fraction of sp³-hybridized carbons (Fsp3) is 0.429. The van der Waals surface area contributed by atoms with Crippen molar-refractivity contribution in [3.63, 3.8) is 0 Å². The maximum Gasteiger partial charge on any atom is 0.305 e. The fourth-order valence-electron chi connectivity index (χ4n) is 1.85. The summed E-state index contributed by atoms with van der Waals surface area (Å²) >= 11 is 0. The van der Waals surface area contributed by atoms with Gasteiger partial charge < -0.3 is 5.11 Å². The smallest absolute Gasteiger partial charge is 0.305 e. The molecular formula is C14H18O5S. The van der Waals surface area contributed by atoms with E-state index in [0.717, 1.165) is 5.56 Å². The molecule has 1 aromatic carbocycles. The lowest BCUT2D eigenvalue weighted by Gasteiger charge is -2.14. The van der Waals surface area contributed by atoms with Gasteiger partial charge in [0.1, 0.15) is 5.25 Å². The lowest BCUT2D eigenvalue weighted by molar-refractivity contribution is -0.138. The Morgan fingerprint density at radius 3 is 2.20 bits per heavy atom. The molecule has 0 amide bonds. The van der Waals surface area contributed by atoms with E-state index in [2.05, 4.69) is 0 Å². The van der Waals surface area contributed by atoms with Crippen molar-refractivity contribution in [2.45, 2.75) is 43.3 Å². The number of Topliss-reactive ketones (excluding diaryl/α,β-unsaturated/α-hetero) is 1. The summed E-state index contributed by atoms with van der Waals surface area (Å²) in [6.45, 7) is 3.56. The Kier molecular flexibility index (Phi) is 5.44. The zero-order chi connectivity index (χ0) is 15.3. The second-order valence-corrected chi connectivity index (χ2v) is 6.79. The Morgan fingerprint density at radius 2 is 1.75 bits per heavy atom. The summed E-state index contributed by atoms with van der Waals surface area (Å²) in [5, 5.41) is 7.33. The van der Waals surface area contributed by atoms with E-state index < -0.39 is 33.3 Å². The predicted octanol–water partition coefficient (Wildman–Crippen LogP) is 1.98. The molecule has 5 nitrogen and oxygen atoms in total. The summed E-state index contributed by atoms with van der Waals surface area (Å²) in [4.78, 5) is 22.7. The van der Waals surface area contributed by atoms with Crippen LogP contribution in [0.5, 0.6) is 0 Å². The highest BCUT2D eigenvalue weighted by atomic mass is 32.2. The minimum absolute atomic E-state index is 0.0150. The Hall–Kier alpha value is -1.69. The van der Waals surface area contributed by atoms with Gasteiger partial charge in [-0.15, -0.1) is 0 Å². The molecule has 0 radical (unpaired) electrons. The van der Waals surface area contributed by atoms with E-state index in [1.807, 2.05) is 6.92 Å². The quantitative estimate of drug-likeness (QED) is 0.831. The first-order valence-corrected chi connectivity index (χ1v) is 7.88. The molecule has 1 aromatic rings. The van der Waals surface area contributed by atoms with E-state index in [1.54, 1.807) is 19.1 Å². The van der Waals surface area contributed by atoms with Crippen molar-refractivity contribution < 1.29 is 23.1 Å². The molecule has 20 heavy (non-hydrogen) atoms. The van der Waals surface area contributed by atoms with Crippen molar-refractivity contribution >= 4 is 21.6 Å². The highest BCUT2D eigenvalue weighted by Crippen LogP contribution is 2.21. The molecule has 1 N–H and O–H groups in total. The van der Waals surface area contributed by atoms with E-state index in [-0.39, 0.29) is 11.3 Å². The van der Waals surface area contributed by atoms with Gasteiger partial charge in [0.15, 0.2) is 15.6 Å². The number of ketones is 1. The molecule has 6 heteroatoms. The van der Waals surface area contributed by atoms with Gasteiger partial charge in [-0.25, -0.2) is 8.42 Å². The summed E-state index contributed by atoms with van der Waals surface area (Å²) in [5.41, 5.74) is 0.888. The maximum atomic E-state index is 12.4. The summed E-state index contributed by atoms with van der Waals surface area (Å²) in [7, 11) is -3.96. The Bertz CT molecular complexity index is 586. The Morgan fingerprint density at radius 1 is 1.20 bits per heavy atom. The molecule has 0 aliphatic heterocycles. The average Bonchev–Trinajstić information content (AvgIpc) is 2.36. The van der Waals surface area contributed by atoms with Crippen molar-refractivity contribution in [3.8, 4) is 0 Å². The minimum Gasteiger partial charge on any atom is -0.481 e. The third-order valence-electron chi connectivity index (χ3n) is 2.94. The van der Waals surface area contributed by atoms with E-state index in [0.29, 0.717) is 6.42 Å². The molecular weight excluding hydrogens is 280 g/mol. The number of carboxylic acids is 1. The van der Waals surface area contributed by atoms with E-state index >= 15 is 0 Å². The largest absolute Gasteiger partial charge is 0.481 e. The van der Waals surface area contributed by atoms with Gasteiger partial charge in [0, 0.05) is 6.42 Å². The Labute approximate surface area is 118 Å². The first-order valence-electron chi connectivity index (χ1n) is 6.34. The lowest BCUT2D eigenvalue weighted by atomic mass is 10.1. The summed E-state index contributed by atoms with van der Waals surface area (Å²) in [6.07, 6.45) is -0.156. The van der Waals surface area contributed by atoms with Gasteiger partial charge in [-0.1, -0.05) is 24.6 Å². The molecule has 0 heterocycles. The Balaban J connectivity index is 3.19. The minimum atomic E-state index is -3.96. The number of aryl methyl sites for hydroxylation is 1. The molecule has 0 aliphatic rings. The monoisotopic (exact) mass is 298 g/mol. The van der Waals surface area contributed by atoms with Gasteiger partial charge in [-0.3, -0.25) is 9.59 Å². The number of carbonyl (C=O) groups is 2. The molecule has 0 spiro atoms. The zero-order valence-corrected chi connectivity index (χ0v) is 12.3. The number of hydrogen-bond donors (Lipinski definition) is 1. The molecule has 1 rings (SSSR count). The molecule has 1 unspecified atom stereocenters. The number of rotatable bonds is 7. The van der Waals surface area contributed by atoms with Crippen LogP contribution in [0.25, 0.3) is 0 Å². The molecule has 0 aromatic heterocycles. The number of sulfone groups is 1. The first-order chi connectivity index (χ1) is 9.28. The van der Waals surface area contributed by atoms with Crippen LogP contribution in [0.4, 0.5) is 0 Å².